The lowest BCUT2D eigenvalue weighted by Crippen LogP contribution is -2.35. The quantitative estimate of drug-likeness (QED) is 0.0647. The molecule has 6 aliphatic carbocycles. The zero-order valence-electron chi connectivity index (χ0n) is 43.5. The SMILES string of the molecule is CC(C)n1ccc(S(=O)(=O)NC(=O)Nc2c(C3CC3)cc(Cl)cc2C2CC2)n1.CC(C)n1ccc(S(N)(=O)=O)n1.Nc1c(C2CC2)cc(Cl)cc1C1CC1.O=C(Nc1c(C2CC2)cc(Cl)cc1C1CC1)Oc1ccccc1. The van der Waals surface area contributed by atoms with Crippen LogP contribution in [0.1, 0.15) is 186 Å². The number of amides is 3. The summed E-state index contributed by atoms with van der Waals surface area (Å²) >= 11 is 18.7. The second kappa shape index (κ2) is 23.4. The van der Waals surface area contributed by atoms with Crippen LogP contribution in [-0.2, 0) is 20.0 Å². The number of primary sulfonamides is 1. The Morgan fingerprint density at radius 2 is 0.909 bits per heavy atom. The van der Waals surface area contributed by atoms with Crippen molar-refractivity contribution in [3.8, 4) is 5.75 Å². The third-order valence-electron chi connectivity index (χ3n) is 14.1. The molecule has 7 N–H and O–H groups in total. The number of carbonyl (C=O) groups is 2. The normalized spacial score (nSPS) is 17.0. The van der Waals surface area contributed by atoms with Crippen LogP contribution in [0.4, 0.5) is 26.7 Å². The number of rotatable bonds is 14. The van der Waals surface area contributed by atoms with Gasteiger partial charge in [0.15, 0.2) is 10.1 Å². The van der Waals surface area contributed by atoms with E-state index in [1.54, 1.807) is 29.2 Å². The third-order valence-corrected chi connectivity index (χ3v) is 16.8. The van der Waals surface area contributed by atoms with Gasteiger partial charge in [-0.2, -0.15) is 18.6 Å². The molecular weight excluding hydrogens is 1080 g/mol. The number of nitrogens with one attached hydrogen (secondary N) is 3. The van der Waals surface area contributed by atoms with Crippen LogP contribution in [-0.4, -0.2) is 48.5 Å². The molecule has 6 aliphatic rings. The molecule has 0 saturated heterocycles. The molecule has 0 aliphatic heterocycles. The number of aromatic nitrogens is 4. The highest BCUT2D eigenvalue weighted by Crippen LogP contribution is 2.53. The van der Waals surface area contributed by atoms with E-state index in [0.29, 0.717) is 52.0 Å². The molecule has 6 aromatic rings. The summed E-state index contributed by atoms with van der Waals surface area (Å²) in [6, 6.07) is 23.1. The van der Waals surface area contributed by atoms with Crippen LogP contribution >= 0.6 is 34.8 Å². The Morgan fingerprint density at radius 1 is 0.558 bits per heavy atom. The molecular formula is C56H66Cl3N9O7S2. The summed E-state index contributed by atoms with van der Waals surface area (Å²) in [7, 11) is -7.70. The average Bonchev–Trinajstić information content (AvgIpc) is 4.17. The maximum atomic E-state index is 12.5. The summed E-state index contributed by atoms with van der Waals surface area (Å²) in [6.07, 6.45) is 16.7. The van der Waals surface area contributed by atoms with Gasteiger partial charge in [0.2, 0.25) is 0 Å². The monoisotopic (exact) mass is 1150 g/mol. The van der Waals surface area contributed by atoms with Gasteiger partial charge in [0.05, 0.1) is 5.69 Å². The summed E-state index contributed by atoms with van der Waals surface area (Å²) in [4.78, 5) is 24.8. The van der Waals surface area contributed by atoms with Crippen molar-refractivity contribution in [2.45, 2.75) is 162 Å². The van der Waals surface area contributed by atoms with E-state index in [1.807, 2.05) is 70.2 Å². The maximum Gasteiger partial charge on any atom is 0.417 e. The zero-order chi connectivity index (χ0) is 54.9. The predicted molar refractivity (Wildman–Crippen MR) is 303 cm³/mol. The Balaban J connectivity index is 0.000000132. The highest BCUT2D eigenvalue weighted by atomic mass is 35.5. The average molecular weight is 1150 g/mol. The lowest BCUT2D eigenvalue weighted by atomic mass is 10.00. The van der Waals surface area contributed by atoms with Crippen molar-refractivity contribution in [3.63, 3.8) is 0 Å². The fraction of sp³-hybridized carbons (Fsp3) is 0.429. The van der Waals surface area contributed by atoms with Crippen molar-refractivity contribution in [1.82, 2.24) is 24.3 Å². The highest BCUT2D eigenvalue weighted by Gasteiger charge is 2.36. The molecule has 3 amide bonds. The fourth-order valence-corrected chi connectivity index (χ4v) is 11.1. The first-order valence-electron chi connectivity index (χ1n) is 26.4. The molecule has 410 valence electrons. The third kappa shape index (κ3) is 15.1. The number of hydrogen-bond acceptors (Lipinski definition) is 10. The Hall–Kier alpha value is -5.63. The molecule has 2 heterocycles. The Kier molecular flexibility index (Phi) is 17.0. The van der Waals surface area contributed by atoms with E-state index in [0.717, 1.165) is 95.0 Å². The number of benzene rings is 4. The van der Waals surface area contributed by atoms with E-state index >= 15 is 0 Å². The van der Waals surface area contributed by atoms with E-state index in [2.05, 4.69) is 37.7 Å². The minimum absolute atomic E-state index is 0.0223. The molecule has 4 aromatic carbocycles. The van der Waals surface area contributed by atoms with E-state index < -0.39 is 32.2 Å². The van der Waals surface area contributed by atoms with Crippen LogP contribution < -0.4 is 31.0 Å². The molecule has 6 fully saturated rings. The van der Waals surface area contributed by atoms with Gasteiger partial charge in [-0.3, -0.25) is 14.7 Å². The number of nitrogens with two attached hydrogens (primary N) is 2. The smallest absolute Gasteiger partial charge is 0.410 e. The summed E-state index contributed by atoms with van der Waals surface area (Å²) in [5.74, 6) is 3.70. The van der Waals surface area contributed by atoms with E-state index in [9.17, 15) is 26.4 Å². The van der Waals surface area contributed by atoms with E-state index in [1.165, 1.54) is 53.6 Å². The molecule has 2 aromatic heterocycles. The zero-order valence-corrected chi connectivity index (χ0v) is 47.4. The minimum Gasteiger partial charge on any atom is -0.410 e. The lowest BCUT2D eigenvalue weighted by Gasteiger charge is -2.17. The fourth-order valence-electron chi connectivity index (χ4n) is 9.13. The van der Waals surface area contributed by atoms with Gasteiger partial charge in [0.1, 0.15) is 5.75 Å². The summed E-state index contributed by atoms with van der Waals surface area (Å²) < 4.78 is 57.1. The molecule has 12 rings (SSSR count). The first-order valence-corrected chi connectivity index (χ1v) is 30.5. The van der Waals surface area contributed by atoms with Crippen LogP contribution in [0.5, 0.6) is 5.75 Å². The van der Waals surface area contributed by atoms with Gasteiger partial charge >= 0.3 is 12.1 Å². The number of nitrogens with zero attached hydrogens (tertiary/aromatic N) is 4. The molecule has 0 spiro atoms. The minimum atomic E-state index is -4.06. The number of sulfonamides is 2. The topological polar surface area (TPSA) is 235 Å². The van der Waals surface area contributed by atoms with Crippen molar-refractivity contribution in [1.29, 1.82) is 0 Å². The molecule has 0 radical (unpaired) electrons. The lowest BCUT2D eigenvalue weighted by molar-refractivity contribution is 0.215. The Labute approximate surface area is 466 Å². The number of nitrogen functional groups attached to an aromatic ring is 1. The number of para-hydroxylation sites is 1. The largest absolute Gasteiger partial charge is 0.417 e. The van der Waals surface area contributed by atoms with E-state index in [4.69, 9.17) is 50.4 Å². The van der Waals surface area contributed by atoms with Crippen molar-refractivity contribution in [2.75, 3.05) is 16.4 Å². The first-order chi connectivity index (χ1) is 36.6. The van der Waals surface area contributed by atoms with Gasteiger partial charge in [-0.05, 0) is 234 Å². The van der Waals surface area contributed by atoms with Crippen LogP contribution in [0.15, 0.2) is 101 Å². The van der Waals surface area contributed by atoms with Crippen molar-refractivity contribution in [3.05, 3.63) is 140 Å². The van der Waals surface area contributed by atoms with Gasteiger partial charge in [-0.25, -0.2) is 27.9 Å². The molecule has 0 unspecified atom stereocenters. The molecule has 0 bridgehead atoms. The number of ether oxygens (including phenoxy) is 1. The predicted octanol–water partition coefficient (Wildman–Crippen LogP) is 13.9. The standard InChI is InChI=1S/C19H23ClN4O3S.C19H18ClNO2.C12H14ClN.C6H11N3O2S/c1-11(2)24-8-7-17(22-24)28(26,27)23-19(25)21-18-15(12-3-4-12)9-14(20)10-16(18)13-5-6-13;20-14-10-16(12-6-7-12)18(17(11-14)13-8-9-13)21-19(22)23-15-4-2-1-3-5-15;13-9-5-10(7-1-2-7)12(14)11(6-9)8-3-4-8;1-5(2)9-4-3-6(8-9)12(7,10)11/h7-13H,3-6H2,1-2H3,(H2,21,23,25);1-5,10-13H,6-9H2,(H,21,22);5-8H,1-4,14H2;3-5H,1-2H3,(H2,7,10,11). The maximum absolute atomic E-state index is 12.5. The number of halogens is 3. The van der Waals surface area contributed by atoms with Gasteiger partial charge in [-0.1, -0.05) is 53.0 Å². The number of anilines is 3. The van der Waals surface area contributed by atoms with Gasteiger partial charge in [0, 0.05) is 50.9 Å². The molecule has 6 saturated carbocycles. The second-order valence-corrected chi connectivity index (χ2v) is 25.9. The van der Waals surface area contributed by atoms with Gasteiger partial charge < -0.3 is 15.8 Å². The van der Waals surface area contributed by atoms with Gasteiger partial charge in [-0.15, -0.1) is 0 Å². The van der Waals surface area contributed by atoms with Crippen LogP contribution in [0, 0.1) is 0 Å². The van der Waals surface area contributed by atoms with Crippen LogP contribution in [0.25, 0.3) is 0 Å². The Morgan fingerprint density at radius 3 is 1.26 bits per heavy atom. The van der Waals surface area contributed by atoms with Crippen molar-refractivity contribution < 1.29 is 31.2 Å². The summed E-state index contributed by atoms with van der Waals surface area (Å²) in [6.45, 7) is 7.59. The molecule has 16 nitrogen and oxygen atoms in total. The number of hydrogen-bond donors (Lipinski definition) is 5. The number of urea groups is 1. The molecule has 0 atom stereocenters. The summed E-state index contributed by atoms with van der Waals surface area (Å²) in [5.41, 5.74) is 15.7. The number of carbonyl (C=O) groups excluding carboxylic acids is 2. The van der Waals surface area contributed by atoms with Crippen LogP contribution in [0.2, 0.25) is 15.1 Å². The van der Waals surface area contributed by atoms with Crippen molar-refractivity contribution in [2.24, 2.45) is 5.14 Å². The summed E-state index contributed by atoms with van der Waals surface area (Å²) in [5, 5.41) is 20.5. The van der Waals surface area contributed by atoms with E-state index in [-0.39, 0.29) is 22.1 Å². The Bertz CT molecular complexity index is 3260. The molecule has 21 heteroatoms. The van der Waals surface area contributed by atoms with Crippen LogP contribution in [0.3, 0.4) is 0 Å². The molecule has 77 heavy (non-hydrogen) atoms. The highest BCUT2D eigenvalue weighted by molar-refractivity contribution is 7.90. The first kappa shape index (κ1) is 56.1. The van der Waals surface area contributed by atoms with Gasteiger partial charge in [0.25, 0.3) is 20.0 Å². The second-order valence-electron chi connectivity index (χ2n) is 21.4. The van der Waals surface area contributed by atoms with Crippen molar-refractivity contribution >= 4 is 84.0 Å².